The molecule has 0 radical (unpaired) electrons. The lowest BCUT2D eigenvalue weighted by molar-refractivity contribution is 0.0784. The standard InChI is InChI=1S/C12H21N/c1-10-8-12(11(2,3)4)6-5-7-13(12)9-10/h9H,5-8H2,1-4H3. The quantitative estimate of drug-likeness (QED) is 0.552. The third-order valence-electron chi connectivity index (χ3n) is 3.88. The molecule has 0 aromatic rings. The average Bonchev–Trinajstić information content (AvgIpc) is 2.40. The number of hydrogen-bond acceptors (Lipinski definition) is 1. The maximum atomic E-state index is 2.60. The summed E-state index contributed by atoms with van der Waals surface area (Å²) in [7, 11) is 0. The first-order valence-electron chi connectivity index (χ1n) is 5.40. The Hall–Kier alpha value is -0.460. The van der Waals surface area contributed by atoms with Crippen molar-refractivity contribution in [2.24, 2.45) is 5.41 Å². The van der Waals surface area contributed by atoms with E-state index in [9.17, 15) is 0 Å². The Kier molecular flexibility index (Phi) is 1.77. The number of nitrogens with zero attached hydrogens (tertiary/aromatic N) is 1. The highest BCUT2D eigenvalue weighted by Gasteiger charge is 2.50. The summed E-state index contributed by atoms with van der Waals surface area (Å²) in [5.41, 5.74) is 2.43. The zero-order valence-electron chi connectivity index (χ0n) is 9.35. The summed E-state index contributed by atoms with van der Waals surface area (Å²) in [6.45, 7) is 10.7. The molecule has 1 saturated heterocycles. The topological polar surface area (TPSA) is 3.24 Å². The Labute approximate surface area is 81.8 Å². The molecule has 2 aliphatic rings. The summed E-state index contributed by atoms with van der Waals surface area (Å²) in [6, 6.07) is 0. The van der Waals surface area contributed by atoms with E-state index in [-0.39, 0.29) is 0 Å². The van der Waals surface area contributed by atoms with Crippen molar-refractivity contribution in [3.63, 3.8) is 0 Å². The monoisotopic (exact) mass is 179 g/mol. The van der Waals surface area contributed by atoms with Crippen LogP contribution < -0.4 is 0 Å². The van der Waals surface area contributed by atoms with E-state index >= 15 is 0 Å². The van der Waals surface area contributed by atoms with Crippen molar-refractivity contribution >= 4 is 0 Å². The van der Waals surface area contributed by atoms with E-state index in [0.717, 1.165) is 0 Å². The third-order valence-corrected chi connectivity index (χ3v) is 3.88. The minimum Gasteiger partial charge on any atom is -0.371 e. The average molecular weight is 179 g/mol. The van der Waals surface area contributed by atoms with Crippen molar-refractivity contribution in [3.8, 4) is 0 Å². The molecule has 0 aromatic heterocycles. The maximum absolute atomic E-state index is 2.60. The van der Waals surface area contributed by atoms with E-state index in [2.05, 4.69) is 38.8 Å². The van der Waals surface area contributed by atoms with Crippen LogP contribution in [-0.2, 0) is 0 Å². The first-order chi connectivity index (χ1) is 5.96. The Morgan fingerprint density at radius 3 is 2.62 bits per heavy atom. The molecule has 2 aliphatic heterocycles. The summed E-state index contributed by atoms with van der Waals surface area (Å²) in [4.78, 5) is 2.60. The van der Waals surface area contributed by atoms with Gasteiger partial charge in [0.05, 0.1) is 0 Å². The van der Waals surface area contributed by atoms with Gasteiger partial charge in [0.15, 0.2) is 0 Å². The summed E-state index contributed by atoms with van der Waals surface area (Å²) in [6.07, 6.45) is 6.43. The van der Waals surface area contributed by atoms with Gasteiger partial charge in [-0.3, -0.25) is 0 Å². The Morgan fingerprint density at radius 1 is 1.38 bits per heavy atom. The predicted molar refractivity (Wildman–Crippen MR) is 56.5 cm³/mol. The van der Waals surface area contributed by atoms with Gasteiger partial charge in [0, 0.05) is 12.1 Å². The zero-order valence-corrected chi connectivity index (χ0v) is 9.35. The van der Waals surface area contributed by atoms with Crippen LogP contribution in [0, 0.1) is 5.41 Å². The van der Waals surface area contributed by atoms with E-state index in [1.807, 2.05) is 0 Å². The minimum atomic E-state index is 0.414. The molecule has 0 aromatic carbocycles. The van der Waals surface area contributed by atoms with Crippen molar-refractivity contribution in [1.29, 1.82) is 0 Å². The van der Waals surface area contributed by atoms with Crippen LogP contribution in [0.5, 0.6) is 0 Å². The molecule has 1 fully saturated rings. The van der Waals surface area contributed by atoms with Crippen LogP contribution in [0.2, 0.25) is 0 Å². The lowest BCUT2D eigenvalue weighted by atomic mass is 9.70. The molecule has 13 heavy (non-hydrogen) atoms. The lowest BCUT2D eigenvalue weighted by Crippen LogP contribution is -2.48. The van der Waals surface area contributed by atoms with Gasteiger partial charge in [0.1, 0.15) is 0 Å². The zero-order chi connectivity index (χ0) is 9.69. The van der Waals surface area contributed by atoms with Gasteiger partial charge in [-0.2, -0.15) is 0 Å². The van der Waals surface area contributed by atoms with Crippen LogP contribution >= 0.6 is 0 Å². The van der Waals surface area contributed by atoms with Crippen molar-refractivity contribution < 1.29 is 0 Å². The molecule has 1 atom stereocenters. The lowest BCUT2D eigenvalue weighted by Gasteiger charge is -2.45. The number of hydrogen-bond donors (Lipinski definition) is 0. The Bertz CT molecular complexity index is 246. The highest BCUT2D eigenvalue weighted by molar-refractivity contribution is 5.21. The number of rotatable bonds is 0. The second-order valence-corrected chi connectivity index (χ2v) is 5.73. The van der Waals surface area contributed by atoms with Crippen LogP contribution in [0.25, 0.3) is 0 Å². The molecule has 2 rings (SSSR count). The summed E-state index contributed by atoms with van der Waals surface area (Å²) in [5.74, 6) is 0. The molecule has 1 heteroatoms. The molecule has 0 spiro atoms. The Balaban J connectivity index is 2.33. The van der Waals surface area contributed by atoms with E-state index in [0.29, 0.717) is 11.0 Å². The van der Waals surface area contributed by atoms with Gasteiger partial charge in [0.25, 0.3) is 0 Å². The normalized spacial score (nSPS) is 33.5. The van der Waals surface area contributed by atoms with E-state index in [1.165, 1.54) is 25.8 Å². The van der Waals surface area contributed by atoms with Crippen LogP contribution in [0.4, 0.5) is 0 Å². The molecule has 1 nitrogen and oxygen atoms in total. The molecule has 2 heterocycles. The summed E-state index contributed by atoms with van der Waals surface area (Å²) >= 11 is 0. The molecule has 74 valence electrons. The van der Waals surface area contributed by atoms with Crippen LogP contribution in [0.1, 0.15) is 47.0 Å². The molecule has 0 bridgehead atoms. The van der Waals surface area contributed by atoms with E-state index in [4.69, 9.17) is 0 Å². The van der Waals surface area contributed by atoms with Crippen molar-refractivity contribution in [3.05, 3.63) is 11.8 Å². The fraction of sp³-hybridized carbons (Fsp3) is 0.833. The molecule has 0 amide bonds. The largest absolute Gasteiger partial charge is 0.371 e. The number of fused-ring (bicyclic) bond motifs is 1. The summed E-state index contributed by atoms with van der Waals surface area (Å²) < 4.78 is 0. The van der Waals surface area contributed by atoms with Gasteiger partial charge in [-0.1, -0.05) is 26.3 Å². The first kappa shape index (κ1) is 9.11. The SMILES string of the molecule is CC1=CN2CCCC2(C(C)(C)C)C1. The van der Waals surface area contributed by atoms with Gasteiger partial charge < -0.3 is 4.90 Å². The molecule has 0 saturated carbocycles. The van der Waals surface area contributed by atoms with Crippen molar-refractivity contribution in [1.82, 2.24) is 4.90 Å². The minimum absolute atomic E-state index is 0.414. The van der Waals surface area contributed by atoms with Crippen LogP contribution in [0.15, 0.2) is 11.8 Å². The fourth-order valence-electron chi connectivity index (χ4n) is 3.12. The highest BCUT2D eigenvalue weighted by atomic mass is 15.2. The van der Waals surface area contributed by atoms with Crippen LogP contribution in [-0.4, -0.2) is 17.0 Å². The van der Waals surface area contributed by atoms with Gasteiger partial charge in [-0.15, -0.1) is 0 Å². The molecular formula is C12H21N. The first-order valence-corrected chi connectivity index (χ1v) is 5.40. The molecule has 0 aliphatic carbocycles. The van der Waals surface area contributed by atoms with Crippen molar-refractivity contribution in [2.75, 3.05) is 6.54 Å². The Morgan fingerprint density at radius 2 is 2.08 bits per heavy atom. The van der Waals surface area contributed by atoms with Gasteiger partial charge in [-0.25, -0.2) is 0 Å². The molecular weight excluding hydrogens is 158 g/mol. The second kappa shape index (κ2) is 2.52. The smallest absolute Gasteiger partial charge is 0.0483 e. The van der Waals surface area contributed by atoms with Crippen molar-refractivity contribution in [2.45, 2.75) is 52.5 Å². The van der Waals surface area contributed by atoms with Crippen LogP contribution in [0.3, 0.4) is 0 Å². The predicted octanol–water partition coefficient (Wildman–Crippen LogP) is 3.17. The summed E-state index contributed by atoms with van der Waals surface area (Å²) in [5, 5.41) is 0. The van der Waals surface area contributed by atoms with E-state index < -0.39 is 0 Å². The van der Waals surface area contributed by atoms with E-state index in [1.54, 1.807) is 5.57 Å². The highest BCUT2D eigenvalue weighted by Crippen LogP contribution is 2.50. The maximum Gasteiger partial charge on any atom is 0.0483 e. The fourth-order valence-corrected chi connectivity index (χ4v) is 3.12. The molecule has 1 unspecified atom stereocenters. The van der Waals surface area contributed by atoms with Gasteiger partial charge in [0.2, 0.25) is 0 Å². The van der Waals surface area contributed by atoms with Gasteiger partial charge in [-0.05, 0) is 37.8 Å². The van der Waals surface area contributed by atoms with Gasteiger partial charge >= 0.3 is 0 Å². The second-order valence-electron chi connectivity index (χ2n) is 5.73. The third kappa shape index (κ3) is 1.13. The molecule has 0 N–H and O–H groups in total.